The lowest BCUT2D eigenvalue weighted by Crippen LogP contribution is -2.57. The van der Waals surface area contributed by atoms with Crippen LogP contribution in [-0.2, 0) is 9.59 Å². The molecule has 0 heterocycles. The van der Waals surface area contributed by atoms with Gasteiger partial charge in [-0.05, 0) is 13.8 Å². The predicted molar refractivity (Wildman–Crippen MR) is 69.8 cm³/mol. The first kappa shape index (κ1) is 15.9. The molecule has 1 rings (SSSR count). The largest absolute Gasteiger partial charge is 0.481 e. The Bertz CT molecular complexity index is 441. The molecule has 0 fully saturated rings. The summed E-state index contributed by atoms with van der Waals surface area (Å²) in [6.45, 7) is 2.64. The zero-order chi connectivity index (χ0) is 14.5. The highest BCUT2D eigenvalue weighted by Crippen LogP contribution is 2.53. The summed E-state index contributed by atoms with van der Waals surface area (Å²) in [5, 5.41) is 16.7. The maximum atomic E-state index is 11.3. The lowest BCUT2D eigenvalue weighted by molar-refractivity contribution is -0.144. The molecule has 1 aliphatic rings. The predicted octanol–water partition coefficient (Wildman–Crippen LogP) is 2.88. The standard InChI is InChI=1S/C10H10Cl4O4/c1-9(13)4(8(17)18)10(2,14)6(12)3(5(9)11)7(15)16/h4-5H,1-2H3,(H,15,16)(H,17,18). The smallest absolute Gasteiger partial charge is 0.334 e. The molecule has 4 atom stereocenters. The molecule has 18 heavy (non-hydrogen) atoms. The minimum Gasteiger partial charge on any atom is -0.481 e. The van der Waals surface area contributed by atoms with Crippen LogP contribution in [0.4, 0.5) is 0 Å². The molecule has 2 N–H and O–H groups in total. The van der Waals surface area contributed by atoms with Crippen molar-refractivity contribution < 1.29 is 19.8 Å². The minimum absolute atomic E-state index is 0.304. The van der Waals surface area contributed by atoms with Gasteiger partial charge in [0.15, 0.2) is 0 Å². The normalized spacial score (nSPS) is 40.8. The van der Waals surface area contributed by atoms with Crippen LogP contribution in [0.1, 0.15) is 13.8 Å². The van der Waals surface area contributed by atoms with Gasteiger partial charge in [-0.3, -0.25) is 4.79 Å². The van der Waals surface area contributed by atoms with E-state index in [1.165, 1.54) is 13.8 Å². The van der Waals surface area contributed by atoms with Crippen LogP contribution in [0, 0.1) is 5.92 Å². The van der Waals surface area contributed by atoms with E-state index in [-0.39, 0.29) is 10.6 Å². The third kappa shape index (κ3) is 2.20. The topological polar surface area (TPSA) is 74.6 Å². The monoisotopic (exact) mass is 334 g/mol. The average molecular weight is 336 g/mol. The first-order chi connectivity index (χ1) is 7.95. The summed E-state index contributed by atoms with van der Waals surface area (Å²) in [4.78, 5) is 19.2. The zero-order valence-corrected chi connectivity index (χ0v) is 12.4. The molecule has 4 nitrogen and oxygen atoms in total. The highest BCUT2D eigenvalue weighted by Gasteiger charge is 2.60. The fourth-order valence-electron chi connectivity index (χ4n) is 2.14. The molecular weight excluding hydrogens is 326 g/mol. The molecule has 0 saturated carbocycles. The number of aliphatic carboxylic acids is 2. The number of rotatable bonds is 2. The van der Waals surface area contributed by atoms with Gasteiger partial charge in [-0.2, -0.15) is 0 Å². The Morgan fingerprint density at radius 3 is 2.00 bits per heavy atom. The number of hydrogen-bond donors (Lipinski definition) is 2. The van der Waals surface area contributed by atoms with Gasteiger partial charge in [0.1, 0.15) is 5.92 Å². The van der Waals surface area contributed by atoms with Gasteiger partial charge in [-0.25, -0.2) is 4.79 Å². The third-order valence-corrected chi connectivity index (χ3v) is 5.32. The highest BCUT2D eigenvalue weighted by molar-refractivity contribution is 6.46. The van der Waals surface area contributed by atoms with Crippen LogP contribution in [0.3, 0.4) is 0 Å². The van der Waals surface area contributed by atoms with Gasteiger partial charge >= 0.3 is 11.9 Å². The Morgan fingerprint density at radius 1 is 1.22 bits per heavy atom. The van der Waals surface area contributed by atoms with E-state index in [1.807, 2.05) is 0 Å². The number of carboxylic acids is 2. The van der Waals surface area contributed by atoms with Crippen molar-refractivity contribution in [3.8, 4) is 0 Å². The number of hydrogen-bond acceptors (Lipinski definition) is 2. The van der Waals surface area contributed by atoms with Crippen LogP contribution in [0.2, 0.25) is 0 Å². The molecule has 0 amide bonds. The molecule has 0 aromatic heterocycles. The first-order valence-electron chi connectivity index (χ1n) is 4.83. The molecule has 1 aliphatic carbocycles. The molecule has 8 heteroatoms. The van der Waals surface area contributed by atoms with Crippen LogP contribution in [-0.4, -0.2) is 37.3 Å². The van der Waals surface area contributed by atoms with Gasteiger partial charge in [-0.1, -0.05) is 11.6 Å². The van der Waals surface area contributed by atoms with Gasteiger partial charge in [0, 0.05) is 0 Å². The lowest BCUT2D eigenvalue weighted by Gasteiger charge is -2.45. The van der Waals surface area contributed by atoms with Crippen molar-refractivity contribution >= 4 is 58.3 Å². The Morgan fingerprint density at radius 2 is 1.67 bits per heavy atom. The van der Waals surface area contributed by atoms with E-state index in [0.717, 1.165) is 0 Å². The first-order valence-corrected chi connectivity index (χ1v) is 6.40. The number of carboxylic acid groups (broad SMARTS) is 2. The van der Waals surface area contributed by atoms with E-state index in [1.54, 1.807) is 0 Å². The Hall–Kier alpha value is -0.160. The molecule has 0 aromatic rings. The summed E-state index contributed by atoms with van der Waals surface area (Å²) in [6, 6.07) is 0. The SMILES string of the molecule is CC1(Cl)C(Cl)=C(C(=O)O)C(Cl)C(C)(Cl)C1C(=O)O. The minimum atomic E-state index is -1.64. The van der Waals surface area contributed by atoms with E-state index in [4.69, 9.17) is 51.5 Å². The molecule has 0 saturated heterocycles. The van der Waals surface area contributed by atoms with E-state index in [9.17, 15) is 14.7 Å². The number of halogens is 4. The Balaban J connectivity index is 3.59. The van der Waals surface area contributed by atoms with Gasteiger partial charge in [-0.15, -0.1) is 34.8 Å². The van der Waals surface area contributed by atoms with Gasteiger partial charge in [0.05, 0.1) is 25.7 Å². The van der Waals surface area contributed by atoms with E-state index < -0.39 is 33.0 Å². The zero-order valence-electron chi connectivity index (χ0n) is 9.38. The van der Waals surface area contributed by atoms with Gasteiger partial charge < -0.3 is 10.2 Å². The van der Waals surface area contributed by atoms with E-state index >= 15 is 0 Å². The molecule has 0 radical (unpaired) electrons. The molecule has 102 valence electrons. The van der Waals surface area contributed by atoms with Crippen molar-refractivity contribution in [1.82, 2.24) is 0 Å². The highest BCUT2D eigenvalue weighted by atomic mass is 35.5. The Kier molecular flexibility index (Phi) is 4.19. The summed E-state index contributed by atoms with van der Waals surface area (Å²) in [7, 11) is 0. The van der Waals surface area contributed by atoms with Crippen LogP contribution in [0.5, 0.6) is 0 Å². The molecule has 0 aliphatic heterocycles. The summed E-state index contributed by atoms with van der Waals surface area (Å²) in [5.41, 5.74) is -0.370. The van der Waals surface area contributed by atoms with E-state index in [0.29, 0.717) is 0 Å². The molecule has 0 aromatic carbocycles. The molecule has 0 spiro atoms. The molecule has 4 unspecified atom stereocenters. The number of allylic oxidation sites excluding steroid dienone is 1. The van der Waals surface area contributed by atoms with Crippen LogP contribution >= 0.6 is 46.4 Å². The number of carbonyl (C=O) groups is 2. The number of alkyl halides is 3. The second-order valence-corrected chi connectivity index (χ2v) is 6.81. The van der Waals surface area contributed by atoms with Crippen molar-refractivity contribution in [1.29, 1.82) is 0 Å². The fraction of sp³-hybridized carbons (Fsp3) is 0.600. The van der Waals surface area contributed by atoms with Crippen molar-refractivity contribution in [2.24, 2.45) is 5.92 Å². The maximum Gasteiger partial charge on any atom is 0.334 e. The van der Waals surface area contributed by atoms with Crippen LogP contribution in [0.15, 0.2) is 10.6 Å². The molecular formula is C10H10Cl4O4. The maximum absolute atomic E-state index is 11.3. The Labute approximate surface area is 123 Å². The third-order valence-electron chi connectivity index (χ3n) is 3.00. The fourth-order valence-corrected chi connectivity index (χ4v) is 3.72. The van der Waals surface area contributed by atoms with Crippen LogP contribution < -0.4 is 0 Å². The lowest BCUT2D eigenvalue weighted by atomic mass is 9.72. The quantitative estimate of drug-likeness (QED) is 0.761. The van der Waals surface area contributed by atoms with Crippen molar-refractivity contribution in [3.63, 3.8) is 0 Å². The average Bonchev–Trinajstić information content (AvgIpc) is 2.13. The molecule has 0 bridgehead atoms. The summed E-state index contributed by atoms with van der Waals surface area (Å²) in [6.07, 6.45) is 0. The van der Waals surface area contributed by atoms with Crippen LogP contribution in [0.25, 0.3) is 0 Å². The second kappa shape index (κ2) is 4.75. The summed E-state index contributed by atoms with van der Waals surface area (Å²) < 4.78 is 0. The van der Waals surface area contributed by atoms with Gasteiger partial charge in [0.2, 0.25) is 0 Å². The van der Waals surface area contributed by atoms with Gasteiger partial charge in [0.25, 0.3) is 0 Å². The van der Waals surface area contributed by atoms with Crippen molar-refractivity contribution in [3.05, 3.63) is 10.6 Å². The second-order valence-electron chi connectivity index (χ2n) is 4.39. The van der Waals surface area contributed by atoms with Crippen molar-refractivity contribution in [2.75, 3.05) is 0 Å². The van der Waals surface area contributed by atoms with Crippen molar-refractivity contribution in [2.45, 2.75) is 29.0 Å². The summed E-state index contributed by atoms with van der Waals surface area (Å²) in [5.74, 6) is -3.99. The van der Waals surface area contributed by atoms with E-state index in [2.05, 4.69) is 0 Å². The summed E-state index contributed by atoms with van der Waals surface area (Å²) >= 11 is 24.1.